The summed E-state index contributed by atoms with van der Waals surface area (Å²) in [6, 6.07) is 0. The van der Waals surface area contributed by atoms with E-state index in [0.717, 1.165) is 6.42 Å². The summed E-state index contributed by atoms with van der Waals surface area (Å²) in [5, 5.41) is 70.9. The third-order valence-electron chi connectivity index (χ3n) is 4.25. The van der Waals surface area contributed by atoms with Crippen LogP contribution in [-0.2, 0) is 129 Å². The van der Waals surface area contributed by atoms with Crippen LogP contribution in [0.5, 0.6) is 0 Å². The molecule has 4 atom stereocenters. The van der Waals surface area contributed by atoms with E-state index < -0.39 is 6.48 Å². The second-order valence-corrected chi connectivity index (χ2v) is 8.24. The molecule has 0 aliphatic carbocycles. The second kappa shape index (κ2) is 39.1. The van der Waals surface area contributed by atoms with Crippen LogP contribution in [0.1, 0.15) is 47.5 Å². The van der Waals surface area contributed by atoms with Gasteiger partial charge in [0.1, 0.15) is 12.9 Å². The minimum atomic E-state index is -0.794. The summed E-state index contributed by atoms with van der Waals surface area (Å²) >= 11 is 0. The fourth-order valence-electron chi connectivity index (χ4n) is 2.40. The Morgan fingerprint density at radius 2 is 0.939 bits per heavy atom. The van der Waals surface area contributed by atoms with Gasteiger partial charge in [0, 0.05) is 71.8 Å². The molecule has 294 valence electrons. The van der Waals surface area contributed by atoms with Crippen molar-refractivity contribution >= 4 is 0 Å². The second-order valence-electron chi connectivity index (χ2n) is 8.24. The monoisotopic (exact) mass is 740 g/mol. The van der Waals surface area contributed by atoms with Crippen LogP contribution in [0.3, 0.4) is 0 Å². The van der Waals surface area contributed by atoms with E-state index in [2.05, 4.69) is 95.4 Å². The minimum Gasteiger partial charge on any atom is -0.512 e. The Labute approximate surface area is 278 Å². The van der Waals surface area contributed by atoms with Crippen molar-refractivity contribution in [2.24, 2.45) is 0 Å². The van der Waals surface area contributed by atoms with Gasteiger partial charge in [0.05, 0.1) is 44.7 Å². The summed E-state index contributed by atoms with van der Waals surface area (Å²) in [5.41, 5.74) is 0. The molecule has 0 aliphatic rings. The lowest BCUT2D eigenvalue weighted by molar-refractivity contribution is -0.891. The van der Waals surface area contributed by atoms with Crippen molar-refractivity contribution in [1.82, 2.24) is 0 Å². The van der Waals surface area contributed by atoms with E-state index >= 15 is 0 Å². The molecule has 0 amide bonds. The predicted molar refractivity (Wildman–Crippen MR) is 137 cm³/mol. The Morgan fingerprint density at radius 3 is 1.45 bits per heavy atom. The summed E-state index contributed by atoms with van der Waals surface area (Å²) < 4.78 is 39.2. The van der Waals surface area contributed by atoms with Crippen LogP contribution in [0.15, 0.2) is 12.5 Å². The quantitative estimate of drug-likeness (QED) is 0.0309. The summed E-state index contributed by atoms with van der Waals surface area (Å²) in [6.45, 7) is 11.9. The lowest BCUT2D eigenvalue weighted by atomic mass is 10.4. The van der Waals surface area contributed by atoms with E-state index in [0.29, 0.717) is 58.6 Å². The van der Waals surface area contributed by atoms with Crippen molar-refractivity contribution in [3.63, 3.8) is 0 Å². The number of ether oxygens (including phenoxy) is 7. The first kappa shape index (κ1) is 47.3. The number of rotatable bonds is 41. The Kier molecular flexibility index (Phi) is 37.8. The maximum Gasteiger partial charge on any atom is 0.271 e. The maximum absolute atomic E-state index is 8.15. The first-order valence-corrected chi connectivity index (χ1v) is 14.2. The molecule has 1 N–H and O–H groups in total. The van der Waals surface area contributed by atoms with Crippen molar-refractivity contribution in [3.05, 3.63) is 12.5 Å². The van der Waals surface area contributed by atoms with Gasteiger partial charge in [-0.15, -0.1) is 0 Å². The number of aliphatic hydroxyl groups excluding tert-OH is 1. The van der Waals surface area contributed by atoms with Crippen LogP contribution in [0.4, 0.5) is 0 Å². The SMILES string of the molecule is CCCOC(C)COC(OCC)OCC(C)OCC(C)OCCCOCCOOOOOOOOOOOOOOOOOOO/C=C\O. The molecule has 0 aliphatic heterocycles. The standard InChI is InChI=1S/C22H44O27/c1-6-10-26-20(4)17-29-22(25-7-2)30-18-21(5)28-16-19(3)27-12-8-11-24-14-15-32-34-36-38-40-42-44-46-48-49-47-45-43-41-39-37-35-33-31-13-9-23/h9,13,19-23H,6-8,10-12,14-18H2,1-5H3/b13-9-. The van der Waals surface area contributed by atoms with E-state index in [1.54, 1.807) is 0 Å². The summed E-state index contributed by atoms with van der Waals surface area (Å²) in [7, 11) is 0. The maximum atomic E-state index is 8.15. The van der Waals surface area contributed by atoms with Crippen LogP contribution >= 0.6 is 0 Å². The highest BCUT2D eigenvalue weighted by atomic mass is 18.0. The normalized spacial score (nSPS) is 14.4. The summed E-state index contributed by atoms with van der Waals surface area (Å²) in [6.07, 6.45) is 2.29. The first-order chi connectivity index (χ1) is 24.0. The van der Waals surface area contributed by atoms with Crippen molar-refractivity contribution in [3.8, 4) is 0 Å². The predicted octanol–water partition coefficient (Wildman–Crippen LogP) is 2.19. The van der Waals surface area contributed by atoms with Crippen molar-refractivity contribution in [1.29, 1.82) is 0 Å². The zero-order chi connectivity index (χ0) is 35.9. The smallest absolute Gasteiger partial charge is 0.271 e. The van der Waals surface area contributed by atoms with Crippen LogP contribution < -0.4 is 0 Å². The molecule has 0 bridgehead atoms. The average Bonchev–Trinajstić information content (AvgIpc) is 3.10. The van der Waals surface area contributed by atoms with Gasteiger partial charge in [-0.1, -0.05) is 6.92 Å². The van der Waals surface area contributed by atoms with Crippen molar-refractivity contribution < 1.29 is 134 Å². The lowest BCUT2D eigenvalue weighted by Gasteiger charge is -2.23. The Morgan fingerprint density at radius 1 is 0.469 bits per heavy atom. The molecule has 27 heteroatoms. The highest BCUT2D eigenvalue weighted by Gasteiger charge is 2.15. The summed E-state index contributed by atoms with van der Waals surface area (Å²) in [4.78, 5) is 8.48. The highest BCUT2D eigenvalue weighted by Crippen LogP contribution is 2.05. The van der Waals surface area contributed by atoms with E-state index in [1.165, 1.54) is 0 Å². The van der Waals surface area contributed by atoms with E-state index in [9.17, 15) is 0 Å². The van der Waals surface area contributed by atoms with Gasteiger partial charge in [-0.05, 0) is 80.8 Å². The molecule has 0 aromatic carbocycles. The molecule has 49 heavy (non-hydrogen) atoms. The molecule has 0 saturated carbocycles. The van der Waals surface area contributed by atoms with Crippen LogP contribution in [0, 0.1) is 0 Å². The first-order valence-electron chi connectivity index (χ1n) is 14.2. The minimum absolute atomic E-state index is 0.0305. The molecule has 4 unspecified atom stereocenters. The van der Waals surface area contributed by atoms with Crippen LogP contribution in [-0.4, -0.2) is 89.4 Å². The Balaban J connectivity index is 3.40. The fourth-order valence-corrected chi connectivity index (χ4v) is 2.40. The van der Waals surface area contributed by atoms with Gasteiger partial charge in [0.15, 0.2) is 6.26 Å². The Hall–Kier alpha value is -1.66. The number of hydrogen-bond acceptors (Lipinski definition) is 27. The van der Waals surface area contributed by atoms with Crippen molar-refractivity contribution in [2.45, 2.75) is 72.2 Å². The third-order valence-corrected chi connectivity index (χ3v) is 4.25. The molecule has 0 heterocycles. The number of aliphatic hydroxyl groups is 1. The highest BCUT2D eigenvalue weighted by molar-refractivity contribution is 4.54. The van der Waals surface area contributed by atoms with Crippen LogP contribution in [0.2, 0.25) is 0 Å². The molecule has 0 radical (unpaired) electrons. The molecule has 0 fully saturated rings. The van der Waals surface area contributed by atoms with Crippen LogP contribution in [0.25, 0.3) is 0 Å². The van der Waals surface area contributed by atoms with Gasteiger partial charge in [-0.25, -0.2) is 4.89 Å². The average molecular weight is 741 g/mol. The molecule has 0 aromatic heterocycles. The number of hydrogen-bond donors (Lipinski definition) is 1. The van der Waals surface area contributed by atoms with Gasteiger partial charge in [-0.3, -0.25) is 0 Å². The molecular weight excluding hydrogens is 696 g/mol. The molecule has 27 nitrogen and oxygen atoms in total. The van der Waals surface area contributed by atoms with Gasteiger partial charge >= 0.3 is 0 Å². The Bertz CT molecular complexity index is 666. The van der Waals surface area contributed by atoms with E-state index in [4.69, 9.17) is 38.3 Å². The van der Waals surface area contributed by atoms with E-state index in [-0.39, 0.29) is 38.1 Å². The van der Waals surface area contributed by atoms with E-state index in [1.807, 2.05) is 34.6 Å². The lowest BCUT2D eigenvalue weighted by Crippen LogP contribution is -2.30. The molecule has 0 spiro atoms. The molecule has 0 saturated heterocycles. The molecule has 0 aromatic rings. The largest absolute Gasteiger partial charge is 0.512 e. The molecular formula is C22H44O27. The van der Waals surface area contributed by atoms with Gasteiger partial charge in [0.2, 0.25) is 0 Å². The van der Waals surface area contributed by atoms with Gasteiger partial charge in [-0.2, -0.15) is 0 Å². The third kappa shape index (κ3) is 37.4. The fraction of sp³-hybridized carbons (Fsp3) is 0.909. The zero-order valence-corrected chi connectivity index (χ0v) is 27.3. The summed E-state index contributed by atoms with van der Waals surface area (Å²) in [5.74, 6) is 0. The van der Waals surface area contributed by atoms with Gasteiger partial charge < -0.3 is 43.2 Å². The zero-order valence-electron chi connectivity index (χ0n) is 27.3. The topological polar surface area (TPSA) is 260 Å². The van der Waals surface area contributed by atoms with Crippen molar-refractivity contribution in [2.75, 3.05) is 59.5 Å². The van der Waals surface area contributed by atoms with Gasteiger partial charge in [0.25, 0.3) is 6.48 Å². The molecule has 0 rings (SSSR count).